The second-order valence-electron chi connectivity index (χ2n) is 5.28. The number of fused-ring (bicyclic) bond motifs is 3. The number of hydrogen-bond donors (Lipinski definition) is 1. The first-order valence-corrected chi connectivity index (χ1v) is 7.13. The fourth-order valence-corrected chi connectivity index (χ4v) is 2.87. The minimum atomic E-state index is 0.537. The smallest absolute Gasteiger partial charge is 0.150 e. The molecule has 6 heteroatoms. The van der Waals surface area contributed by atoms with Gasteiger partial charge >= 0.3 is 0 Å². The van der Waals surface area contributed by atoms with Crippen LogP contribution in [-0.4, -0.2) is 45.6 Å². The van der Waals surface area contributed by atoms with Crippen molar-refractivity contribution in [3.05, 3.63) is 36.3 Å². The molecule has 1 aliphatic rings. The monoisotopic (exact) mass is 283 g/mol. The Balaban J connectivity index is 1.81. The summed E-state index contributed by atoms with van der Waals surface area (Å²) in [6.45, 7) is 4.20. The largest absolute Gasteiger partial charge is 0.382 e. The van der Waals surface area contributed by atoms with E-state index >= 15 is 0 Å². The Kier molecular flexibility index (Phi) is 2.98. The first-order chi connectivity index (χ1) is 10.3. The first-order valence-electron chi connectivity index (χ1n) is 7.13. The van der Waals surface area contributed by atoms with Crippen LogP contribution in [-0.2, 0) is 11.3 Å². The summed E-state index contributed by atoms with van der Waals surface area (Å²) in [5, 5.41) is 0. The molecule has 0 saturated carbocycles. The quantitative estimate of drug-likeness (QED) is 0.767. The van der Waals surface area contributed by atoms with E-state index in [1.807, 2.05) is 35.0 Å². The molecule has 0 atom stereocenters. The number of hydrogen-bond acceptors (Lipinski definition) is 5. The molecular formula is C15H17N5O. The van der Waals surface area contributed by atoms with E-state index in [0.717, 1.165) is 55.1 Å². The number of ether oxygens (including phenoxy) is 1. The van der Waals surface area contributed by atoms with Crippen LogP contribution in [0.1, 0.15) is 5.69 Å². The molecule has 0 radical (unpaired) electrons. The van der Waals surface area contributed by atoms with E-state index in [2.05, 4.69) is 14.9 Å². The maximum absolute atomic E-state index is 6.16. The van der Waals surface area contributed by atoms with Crippen LogP contribution in [0.15, 0.2) is 30.6 Å². The van der Waals surface area contributed by atoms with Crippen LogP contribution < -0.4 is 5.73 Å². The van der Waals surface area contributed by atoms with Crippen molar-refractivity contribution in [1.29, 1.82) is 0 Å². The van der Waals surface area contributed by atoms with Gasteiger partial charge in [-0.05, 0) is 12.1 Å². The number of nitrogens with zero attached hydrogens (tertiary/aromatic N) is 4. The predicted octanol–water partition coefficient (Wildman–Crippen LogP) is 1.30. The standard InChI is InChI=1S/C15H17N5O/c16-15-14-12(9-19-5-7-21-8-6-19)17-10-20(14)13-4-2-1-3-11(13)18-15/h1-4,10H,5-9H2,(H2,16,18). The topological polar surface area (TPSA) is 68.7 Å². The maximum atomic E-state index is 6.16. The number of nitrogens with two attached hydrogens (primary N) is 1. The van der Waals surface area contributed by atoms with Crippen LogP contribution >= 0.6 is 0 Å². The lowest BCUT2D eigenvalue weighted by Crippen LogP contribution is -2.35. The number of aromatic nitrogens is 3. The van der Waals surface area contributed by atoms with Crippen molar-refractivity contribution in [2.45, 2.75) is 6.54 Å². The number of rotatable bonds is 2. The van der Waals surface area contributed by atoms with Crippen LogP contribution in [0.2, 0.25) is 0 Å². The first kappa shape index (κ1) is 12.6. The summed E-state index contributed by atoms with van der Waals surface area (Å²) in [6.07, 6.45) is 1.84. The van der Waals surface area contributed by atoms with Gasteiger partial charge in [0.2, 0.25) is 0 Å². The summed E-state index contributed by atoms with van der Waals surface area (Å²) in [5.74, 6) is 0.537. The lowest BCUT2D eigenvalue weighted by molar-refractivity contribution is 0.0339. The van der Waals surface area contributed by atoms with Crippen LogP contribution in [0.4, 0.5) is 5.82 Å². The second kappa shape index (κ2) is 4.98. The number of para-hydroxylation sites is 2. The van der Waals surface area contributed by atoms with Crippen molar-refractivity contribution >= 4 is 22.4 Å². The summed E-state index contributed by atoms with van der Waals surface area (Å²) in [5.41, 5.74) is 9.97. The average Bonchev–Trinajstić information content (AvgIpc) is 2.93. The Labute approximate surface area is 122 Å². The average molecular weight is 283 g/mol. The molecule has 0 aliphatic carbocycles. The number of morpholine rings is 1. The van der Waals surface area contributed by atoms with Crippen LogP contribution in [0, 0.1) is 0 Å². The van der Waals surface area contributed by atoms with Gasteiger partial charge in [-0.3, -0.25) is 9.30 Å². The number of imidazole rings is 1. The van der Waals surface area contributed by atoms with Crippen LogP contribution in [0.3, 0.4) is 0 Å². The highest BCUT2D eigenvalue weighted by Gasteiger charge is 2.17. The van der Waals surface area contributed by atoms with Gasteiger partial charge in [-0.25, -0.2) is 9.97 Å². The Hall–Kier alpha value is -2.18. The summed E-state index contributed by atoms with van der Waals surface area (Å²) in [4.78, 5) is 11.4. The predicted molar refractivity (Wildman–Crippen MR) is 81.0 cm³/mol. The number of anilines is 1. The zero-order chi connectivity index (χ0) is 14.2. The van der Waals surface area contributed by atoms with Crippen molar-refractivity contribution in [3.8, 4) is 0 Å². The molecule has 0 amide bonds. The van der Waals surface area contributed by atoms with Gasteiger partial charge in [-0.1, -0.05) is 12.1 Å². The molecule has 1 aliphatic heterocycles. The van der Waals surface area contributed by atoms with Gasteiger partial charge in [0.15, 0.2) is 5.82 Å². The van der Waals surface area contributed by atoms with Gasteiger partial charge in [0.05, 0.1) is 29.9 Å². The van der Waals surface area contributed by atoms with Crippen molar-refractivity contribution in [2.75, 3.05) is 32.0 Å². The fourth-order valence-electron chi connectivity index (χ4n) is 2.87. The van der Waals surface area contributed by atoms with Crippen LogP contribution in [0.5, 0.6) is 0 Å². The van der Waals surface area contributed by atoms with E-state index in [-0.39, 0.29) is 0 Å². The molecule has 3 heterocycles. The van der Waals surface area contributed by atoms with E-state index in [4.69, 9.17) is 10.5 Å². The third-order valence-electron chi connectivity index (χ3n) is 3.95. The van der Waals surface area contributed by atoms with Crippen LogP contribution in [0.25, 0.3) is 16.6 Å². The Morgan fingerprint density at radius 2 is 2.00 bits per heavy atom. The number of nitrogen functional groups attached to an aromatic ring is 1. The molecule has 108 valence electrons. The summed E-state index contributed by atoms with van der Waals surface area (Å²) in [7, 11) is 0. The molecule has 1 fully saturated rings. The molecule has 2 N–H and O–H groups in total. The van der Waals surface area contributed by atoms with Crippen molar-refractivity contribution in [2.24, 2.45) is 0 Å². The minimum absolute atomic E-state index is 0.537. The lowest BCUT2D eigenvalue weighted by Gasteiger charge is -2.25. The van der Waals surface area contributed by atoms with Crippen molar-refractivity contribution in [3.63, 3.8) is 0 Å². The molecule has 6 nitrogen and oxygen atoms in total. The molecule has 2 aromatic heterocycles. The highest BCUT2D eigenvalue weighted by Crippen LogP contribution is 2.23. The van der Waals surface area contributed by atoms with E-state index in [9.17, 15) is 0 Å². The molecule has 0 bridgehead atoms. The molecule has 1 aromatic carbocycles. The molecule has 0 unspecified atom stereocenters. The Bertz CT molecular complexity index is 791. The molecule has 21 heavy (non-hydrogen) atoms. The molecule has 1 saturated heterocycles. The molecule has 0 spiro atoms. The van der Waals surface area contributed by atoms with E-state index in [1.165, 1.54) is 0 Å². The van der Waals surface area contributed by atoms with Gasteiger partial charge in [-0.15, -0.1) is 0 Å². The lowest BCUT2D eigenvalue weighted by atomic mass is 10.2. The minimum Gasteiger partial charge on any atom is -0.382 e. The zero-order valence-corrected chi connectivity index (χ0v) is 11.7. The zero-order valence-electron chi connectivity index (χ0n) is 11.7. The van der Waals surface area contributed by atoms with Gasteiger partial charge in [0.1, 0.15) is 11.8 Å². The Morgan fingerprint density at radius 3 is 2.86 bits per heavy atom. The molecular weight excluding hydrogens is 266 g/mol. The van der Waals surface area contributed by atoms with Crippen molar-refractivity contribution in [1.82, 2.24) is 19.3 Å². The molecule has 4 rings (SSSR count). The summed E-state index contributed by atoms with van der Waals surface area (Å²) >= 11 is 0. The van der Waals surface area contributed by atoms with Gasteiger partial charge < -0.3 is 10.5 Å². The normalized spacial score (nSPS) is 16.8. The second-order valence-corrected chi connectivity index (χ2v) is 5.28. The summed E-state index contributed by atoms with van der Waals surface area (Å²) in [6, 6.07) is 7.97. The third-order valence-corrected chi connectivity index (χ3v) is 3.95. The third kappa shape index (κ3) is 2.12. The van der Waals surface area contributed by atoms with E-state index in [1.54, 1.807) is 0 Å². The highest BCUT2D eigenvalue weighted by molar-refractivity contribution is 5.84. The highest BCUT2D eigenvalue weighted by atomic mass is 16.5. The summed E-state index contributed by atoms with van der Waals surface area (Å²) < 4.78 is 7.42. The Morgan fingerprint density at radius 1 is 1.19 bits per heavy atom. The SMILES string of the molecule is Nc1nc2ccccc2n2cnc(CN3CCOCC3)c12. The van der Waals surface area contributed by atoms with Gasteiger partial charge in [-0.2, -0.15) is 0 Å². The van der Waals surface area contributed by atoms with Gasteiger partial charge in [0.25, 0.3) is 0 Å². The van der Waals surface area contributed by atoms with E-state index in [0.29, 0.717) is 5.82 Å². The fraction of sp³-hybridized carbons (Fsp3) is 0.333. The molecule has 3 aromatic rings. The number of benzene rings is 1. The van der Waals surface area contributed by atoms with Gasteiger partial charge in [0, 0.05) is 19.6 Å². The van der Waals surface area contributed by atoms with E-state index < -0.39 is 0 Å². The van der Waals surface area contributed by atoms with Crippen molar-refractivity contribution < 1.29 is 4.74 Å². The maximum Gasteiger partial charge on any atom is 0.150 e.